The van der Waals surface area contributed by atoms with Crippen molar-refractivity contribution in [3.05, 3.63) is 70.7 Å². The van der Waals surface area contributed by atoms with Crippen molar-refractivity contribution in [1.82, 2.24) is 9.80 Å². The molecule has 1 aliphatic heterocycles. The Morgan fingerprint density at radius 2 is 1.58 bits per heavy atom. The summed E-state index contributed by atoms with van der Waals surface area (Å²) in [6.07, 6.45) is -1.68. The van der Waals surface area contributed by atoms with Crippen molar-refractivity contribution in [3.8, 4) is 0 Å². The molecule has 1 unspecified atom stereocenters. The Kier molecular flexibility index (Phi) is 8.66. The quantitative estimate of drug-likeness (QED) is 0.374. The number of halogens is 1. The van der Waals surface area contributed by atoms with Crippen LogP contribution in [0.25, 0.3) is 0 Å². The number of piperazine rings is 1. The summed E-state index contributed by atoms with van der Waals surface area (Å²) in [4.78, 5) is 33.9. The first-order chi connectivity index (χ1) is 15.0. The molecular weight excluding hydrogens is 424 g/mol. The summed E-state index contributed by atoms with van der Waals surface area (Å²) in [5.74, 6) is -0.888. The lowest BCUT2D eigenvalue weighted by atomic mass is 9.96. The number of hydrogen-bond acceptors (Lipinski definition) is 7. The summed E-state index contributed by atoms with van der Waals surface area (Å²) in [5, 5.41) is 8.99. The molecule has 2 aromatic carbocycles. The van der Waals surface area contributed by atoms with E-state index in [1.54, 1.807) is 0 Å². The van der Waals surface area contributed by atoms with Gasteiger partial charge in [-0.15, -0.1) is 0 Å². The highest BCUT2D eigenvalue weighted by Crippen LogP contribution is 2.30. The van der Waals surface area contributed by atoms with Crippen molar-refractivity contribution in [1.29, 1.82) is 0 Å². The minimum atomic E-state index is -1.68. The second-order valence-corrected chi connectivity index (χ2v) is 7.54. The number of carboxylic acid groups (broad SMARTS) is 1. The zero-order valence-electron chi connectivity index (χ0n) is 17.0. The van der Waals surface area contributed by atoms with Crippen LogP contribution in [0.4, 0.5) is 4.79 Å². The van der Waals surface area contributed by atoms with Gasteiger partial charge in [-0.3, -0.25) is 9.80 Å². The molecule has 0 aliphatic carbocycles. The van der Waals surface area contributed by atoms with Gasteiger partial charge in [0.15, 0.2) is 0 Å². The van der Waals surface area contributed by atoms with Gasteiger partial charge in [-0.2, -0.15) is 0 Å². The smallest absolute Gasteiger partial charge is 0.447 e. The van der Waals surface area contributed by atoms with E-state index in [1.807, 2.05) is 18.2 Å². The fourth-order valence-corrected chi connectivity index (χ4v) is 3.72. The van der Waals surface area contributed by atoms with E-state index >= 15 is 0 Å². The van der Waals surface area contributed by atoms with Gasteiger partial charge in [0.1, 0.15) is 6.61 Å². The Labute approximate surface area is 185 Å². The third kappa shape index (κ3) is 7.22. The first kappa shape index (κ1) is 23.0. The lowest BCUT2D eigenvalue weighted by Crippen LogP contribution is -2.48. The normalized spacial score (nSPS) is 15.9. The average Bonchev–Trinajstić information content (AvgIpc) is 2.78. The van der Waals surface area contributed by atoms with Crippen molar-refractivity contribution < 1.29 is 29.2 Å². The van der Waals surface area contributed by atoms with Crippen LogP contribution in [0.5, 0.6) is 0 Å². The van der Waals surface area contributed by atoms with Crippen LogP contribution in [-0.2, 0) is 19.3 Å². The standard InChI is InChI=1S/C22H25ClN2O6/c23-19-8-6-18(7-9-19)21(17-4-2-1-3-5-17)25-12-10-24(11-13-25)14-15-29-16-20(26)30-31-22(27)28/h1-9,21H,10-16H2,(H,27,28). The average molecular weight is 449 g/mol. The number of carbonyl (C=O) groups excluding carboxylic acids is 1. The molecule has 8 nitrogen and oxygen atoms in total. The van der Waals surface area contributed by atoms with Crippen molar-refractivity contribution in [2.45, 2.75) is 6.04 Å². The molecule has 0 spiro atoms. The van der Waals surface area contributed by atoms with E-state index < -0.39 is 12.1 Å². The Balaban J connectivity index is 1.49. The predicted molar refractivity (Wildman–Crippen MR) is 114 cm³/mol. The number of rotatable bonds is 8. The van der Waals surface area contributed by atoms with E-state index in [2.05, 4.69) is 56.0 Å². The van der Waals surface area contributed by atoms with Crippen molar-refractivity contribution in [2.75, 3.05) is 45.9 Å². The molecule has 1 N–H and O–H groups in total. The van der Waals surface area contributed by atoms with Gasteiger partial charge in [-0.25, -0.2) is 19.4 Å². The minimum Gasteiger partial charge on any atom is -0.447 e. The summed E-state index contributed by atoms with van der Waals surface area (Å²) in [6, 6.07) is 18.6. The highest BCUT2D eigenvalue weighted by atomic mass is 35.5. The second kappa shape index (κ2) is 11.7. The highest BCUT2D eigenvalue weighted by molar-refractivity contribution is 6.30. The molecule has 1 heterocycles. The molecule has 31 heavy (non-hydrogen) atoms. The summed E-state index contributed by atoms with van der Waals surface area (Å²) < 4.78 is 5.24. The molecule has 166 valence electrons. The van der Waals surface area contributed by atoms with Crippen LogP contribution >= 0.6 is 11.6 Å². The van der Waals surface area contributed by atoms with E-state index in [0.717, 1.165) is 31.2 Å². The third-order valence-electron chi connectivity index (χ3n) is 5.05. The number of ether oxygens (including phenoxy) is 1. The molecule has 0 amide bonds. The molecular formula is C22H25ClN2O6. The van der Waals surface area contributed by atoms with E-state index in [4.69, 9.17) is 21.4 Å². The van der Waals surface area contributed by atoms with E-state index in [9.17, 15) is 9.59 Å². The molecule has 1 fully saturated rings. The largest absolute Gasteiger partial charge is 0.547 e. The fourth-order valence-electron chi connectivity index (χ4n) is 3.59. The molecule has 1 aliphatic rings. The molecule has 2 aromatic rings. The van der Waals surface area contributed by atoms with Gasteiger partial charge in [0.25, 0.3) is 0 Å². The van der Waals surface area contributed by atoms with E-state index in [0.29, 0.717) is 13.2 Å². The van der Waals surface area contributed by atoms with Crippen LogP contribution in [-0.4, -0.2) is 73.0 Å². The Morgan fingerprint density at radius 3 is 2.23 bits per heavy atom. The van der Waals surface area contributed by atoms with Crippen molar-refractivity contribution >= 4 is 23.7 Å². The van der Waals surface area contributed by atoms with Gasteiger partial charge in [-0.1, -0.05) is 54.1 Å². The van der Waals surface area contributed by atoms with Gasteiger partial charge < -0.3 is 9.84 Å². The molecule has 3 rings (SSSR count). The van der Waals surface area contributed by atoms with Gasteiger partial charge in [0, 0.05) is 37.7 Å². The van der Waals surface area contributed by atoms with Crippen LogP contribution in [0.1, 0.15) is 17.2 Å². The summed E-state index contributed by atoms with van der Waals surface area (Å²) >= 11 is 6.08. The van der Waals surface area contributed by atoms with Gasteiger partial charge >= 0.3 is 12.1 Å². The zero-order valence-corrected chi connectivity index (χ0v) is 17.7. The first-order valence-corrected chi connectivity index (χ1v) is 10.4. The molecule has 1 saturated heterocycles. The van der Waals surface area contributed by atoms with Gasteiger partial charge in [-0.05, 0) is 23.3 Å². The lowest BCUT2D eigenvalue weighted by Gasteiger charge is -2.39. The maximum atomic E-state index is 11.2. The maximum absolute atomic E-state index is 11.2. The fraction of sp³-hybridized carbons (Fsp3) is 0.364. The SMILES string of the molecule is O=C(O)OOC(=O)COCCN1CCN(C(c2ccccc2)c2ccc(Cl)cc2)CC1. The molecule has 0 aromatic heterocycles. The third-order valence-corrected chi connectivity index (χ3v) is 5.30. The molecule has 0 saturated carbocycles. The first-order valence-electron chi connectivity index (χ1n) is 9.98. The Hall–Kier alpha value is -2.65. The minimum absolute atomic E-state index is 0.154. The Morgan fingerprint density at radius 1 is 0.935 bits per heavy atom. The van der Waals surface area contributed by atoms with E-state index in [1.165, 1.54) is 11.1 Å². The second-order valence-electron chi connectivity index (χ2n) is 7.10. The van der Waals surface area contributed by atoms with Crippen LogP contribution in [0, 0.1) is 0 Å². The number of carbonyl (C=O) groups is 2. The summed E-state index contributed by atoms with van der Waals surface area (Å²) in [5.41, 5.74) is 2.44. The van der Waals surface area contributed by atoms with Crippen molar-refractivity contribution in [3.63, 3.8) is 0 Å². The number of hydrogen-bond donors (Lipinski definition) is 1. The molecule has 1 atom stereocenters. The summed E-state index contributed by atoms with van der Waals surface area (Å²) in [6.45, 7) is 4.15. The van der Waals surface area contributed by atoms with Crippen LogP contribution in [0.3, 0.4) is 0 Å². The van der Waals surface area contributed by atoms with Crippen molar-refractivity contribution in [2.24, 2.45) is 0 Å². The van der Waals surface area contributed by atoms with Gasteiger partial charge in [0.2, 0.25) is 0 Å². The predicted octanol–water partition coefficient (Wildman–Crippen LogP) is 3.22. The van der Waals surface area contributed by atoms with E-state index in [-0.39, 0.29) is 12.6 Å². The zero-order chi connectivity index (χ0) is 22.1. The number of benzene rings is 2. The molecule has 0 radical (unpaired) electrons. The van der Waals surface area contributed by atoms with Crippen LogP contribution in [0.15, 0.2) is 54.6 Å². The van der Waals surface area contributed by atoms with Crippen LogP contribution < -0.4 is 0 Å². The lowest BCUT2D eigenvalue weighted by molar-refractivity contribution is -0.244. The number of nitrogens with zero attached hydrogens (tertiary/aromatic N) is 2. The monoisotopic (exact) mass is 448 g/mol. The van der Waals surface area contributed by atoms with Crippen LogP contribution in [0.2, 0.25) is 5.02 Å². The topological polar surface area (TPSA) is 88.5 Å². The molecule has 0 bridgehead atoms. The Bertz CT molecular complexity index is 841. The highest BCUT2D eigenvalue weighted by Gasteiger charge is 2.26. The molecule has 9 heteroatoms. The summed E-state index contributed by atoms with van der Waals surface area (Å²) in [7, 11) is 0. The maximum Gasteiger partial charge on any atom is 0.547 e. The van der Waals surface area contributed by atoms with Gasteiger partial charge in [0.05, 0.1) is 12.6 Å².